The van der Waals surface area contributed by atoms with E-state index in [1.54, 1.807) is 42.5 Å². The van der Waals surface area contributed by atoms with Crippen LogP contribution in [0.3, 0.4) is 0 Å². The Balaban J connectivity index is 1.73. The molecule has 0 bridgehead atoms. The lowest BCUT2D eigenvalue weighted by Crippen LogP contribution is -2.18. The van der Waals surface area contributed by atoms with Gasteiger partial charge in [0.2, 0.25) is 0 Å². The monoisotopic (exact) mass is 450 g/mol. The van der Waals surface area contributed by atoms with Gasteiger partial charge < -0.3 is 14.2 Å². The van der Waals surface area contributed by atoms with Crippen LogP contribution in [0.2, 0.25) is 0 Å². The van der Waals surface area contributed by atoms with E-state index in [0.29, 0.717) is 11.3 Å². The molecule has 0 amide bonds. The Hall–Kier alpha value is -4.73. The van der Waals surface area contributed by atoms with Gasteiger partial charge in [0.1, 0.15) is 5.75 Å². The molecule has 0 aliphatic carbocycles. The lowest BCUT2D eigenvalue weighted by Gasteiger charge is -2.10. The number of hydrogen-bond donors (Lipinski definition) is 0. The first-order chi connectivity index (χ1) is 15.9. The predicted octanol–water partition coefficient (Wildman–Crippen LogP) is 4.67. The van der Waals surface area contributed by atoms with Gasteiger partial charge in [-0.1, -0.05) is 30.3 Å². The topological polar surface area (TPSA) is 131 Å². The number of carbonyl (C=O) groups excluding carboxylic acids is 1. The summed E-state index contributed by atoms with van der Waals surface area (Å²) in [5.74, 6) is 0.352. The molecule has 0 N–H and O–H groups in total. The van der Waals surface area contributed by atoms with Crippen LogP contribution >= 0.6 is 0 Å². The molecule has 0 radical (unpaired) electrons. The van der Waals surface area contributed by atoms with Crippen LogP contribution in [-0.4, -0.2) is 29.5 Å². The highest BCUT2D eigenvalue weighted by atomic mass is 16.6. The third kappa shape index (κ3) is 6.14. The van der Waals surface area contributed by atoms with Crippen molar-refractivity contribution in [3.63, 3.8) is 0 Å². The summed E-state index contributed by atoms with van der Waals surface area (Å²) in [4.78, 5) is 32.8. The normalized spacial score (nSPS) is 10.6. The van der Waals surface area contributed by atoms with E-state index < -0.39 is 21.5 Å². The van der Waals surface area contributed by atoms with Gasteiger partial charge in [-0.15, -0.1) is 0 Å². The van der Waals surface area contributed by atoms with Gasteiger partial charge in [-0.25, -0.2) is 4.79 Å². The largest absolute Gasteiger partial charge is 0.493 e. The van der Waals surface area contributed by atoms with Crippen molar-refractivity contribution in [2.75, 3.05) is 13.7 Å². The lowest BCUT2D eigenvalue weighted by molar-refractivity contribution is -0.394. The minimum absolute atomic E-state index is 0.178. The van der Waals surface area contributed by atoms with Crippen LogP contribution in [0.5, 0.6) is 17.2 Å². The molecule has 3 rings (SSSR count). The van der Waals surface area contributed by atoms with Gasteiger partial charge in [-0.05, 0) is 42.0 Å². The van der Waals surface area contributed by atoms with Crippen molar-refractivity contribution in [2.45, 2.75) is 0 Å². The summed E-state index contributed by atoms with van der Waals surface area (Å²) in [5.41, 5.74) is 0.0253. The minimum Gasteiger partial charge on any atom is -0.493 e. The van der Waals surface area contributed by atoms with Crippen molar-refractivity contribution in [1.82, 2.24) is 0 Å². The second-order valence-electron chi connectivity index (χ2n) is 6.58. The maximum Gasteiger partial charge on any atom is 0.349 e. The molecule has 0 saturated heterocycles. The zero-order valence-corrected chi connectivity index (χ0v) is 17.4. The predicted molar refractivity (Wildman–Crippen MR) is 119 cm³/mol. The summed E-state index contributed by atoms with van der Waals surface area (Å²) in [6, 6.07) is 16.9. The first kappa shape index (κ1) is 22.9. The summed E-state index contributed by atoms with van der Waals surface area (Å²) < 4.78 is 15.9. The molecule has 0 aromatic heterocycles. The molecule has 0 heterocycles. The van der Waals surface area contributed by atoms with Crippen LogP contribution in [-0.2, 0) is 4.79 Å². The number of esters is 1. The van der Waals surface area contributed by atoms with Crippen molar-refractivity contribution in [3.8, 4) is 17.2 Å². The molecule has 3 aromatic rings. The van der Waals surface area contributed by atoms with Crippen LogP contribution < -0.4 is 14.2 Å². The van der Waals surface area contributed by atoms with E-state index in [1.807, 2.05) is 6.07 Å². The van der Waals surface area contributed by atoms with E-state index in [0.717, 1.165) is 6.07 Å². The minimum atomic E-state index is -0.698. The van der Waals surface area contributed by atoms with Crippen LogP contribution in [0, 0.1) is 20.2 Å². The van der Waals surface area contributed by atoms with Gasteiger partial charge in [0.05, 0.1) is 28.6 Å². The Labute approximate surface area is 187 Å². The fourth-order valence-corrected chi connectivity index (χ4v) is 2.81. The van der Waals surface area contributed by atoms with Crippen LogP contribution in [0.1, 0.15) is 11.1 Å². The van der Waals surface area contributed by atoms with E-state index in [4.69, 9.17) is 14.2 Å². The maximum absolute atomic E-state index is 12.1. The van der Waals surface area contributed by atoms with Gasteiger partial charge >= 0.3 is 5.97 Å². The first-order valence-corrected chi connectivity index (χ1v) is 9.55. The van der Waals surface area contributed by atoms with E-state index in [9.17, 15) is 25.0 Å². The second kappa shape index (κ2) is 10.5. The number of nitro benzene ring substituents is 2. The van der Waals surface area contributed by atoms with Gasteiger partial charge in [-0.3, -0.25) is 20.2 Å². The van der Waals surface area contributed by atoms with E-state index in [2.05, 4.69) is 0 Å². The highest BCUT2D eigenvalue weighted by molar-refractivity contribution is 5.77. The van der Waals surface area contributed by atoms with Gasteiger partial charge in [0, 0.05) is 6.07 Å². The van der Waals surface area contributed by atoms with Gasteiger partial charge in [0.25, 0.3) is 11.4 Å². The zero-order valence-electron chi connectivity index (χ0n) is 17.4. The second-order valence-corrected chi connectivity index (χ2v) is 6.58. The number of methoxy groups -OCH3 is 1. The number of nitro groups is 2. The Morgan fingerprint density at radius 3 is 2.33 bits per heavy atom. The quantitative estimate of drug-likeness (QED) is 0.151. The Kier molecular flexibility index (Phi) is 7.32. The van der Waals surface area contributed by atoms with Crippen molar-refractivity contribution < 1.29 is 28.9 Å². The van der Waals surface area contributed by atoms with Crippen molar-refractivity contribution in [1.29, 1.82) is 0 Å². The SMILES string of the molecule is COc1cc(/C=C/c2ccc([N+](=O)[O-])cc2[N+](=O)[O-])ccc1OC(=O)COc1ccccc1. The molecule has 3 aromatic carbocycles. The molecule has 0 atom stereocenters. The van der Waals surface area contributed by atoms with E-state index in [1.165, 1.54) is 31.4 Å². The van der Waals surface area contributed by atoms with E-state index in [-0.39, 0.29) is 29.4 Å². The molecule has 168 valence electrons. The fraction of sp³-hybridized carbons (Fsp3) is 0.0870. The van der Waals surface area contributed by atoms with Crippen LogP contribution in [0.25, 0.3) is 12.2 Å². The summed E-state index contributed by atoms with van der Waals surface area (Å²) in [6.07, 6.45) is 3.02. The number of rotatable bonds is 9. The third-order valence-electron chi connectivity index (χ3n) is 4.39. The molecular formula is C23H18N2O8. The highest BCUT2D eigenvalue weighted by Gasteiger charge is 2.18. The van der Waals surface area contributed by atoms with Crippen LogP contribution in [0.4, 0.5) is 11.4 Å². The molecule has 0 unspecified atom stereocenters. The standard InChI is InChI=1S/C23H18N2O8/c1-31-22-13-16(7-9-17-10-11-18(24(27)28)14-20(17)25(29)30)8-12-21(22)33-23(26)15-32-19-5-3-2-4-6-19/h2-14H,15H2,1H3/b9-7+. The fourth-order valence-electron chi connectivity index (χ4n) is 2.81. The number of non-ortho nitro benzene ring substituents is 1. The number of ether oxygens (including phenoxy) is 3. The maximum atomic E-state index is 12.1. The number of para-hydroxylation sites is 1. The molecule has 0 saturated carbocycles. The van der Waals surface area contributed by atoms with Gasteiger partial charge in [-0.2, -0.15) is 0 Å². The molecule has 0 fully saturated rings. The molecule has 10 nitrogen and oxygen atoms in total. The van der Waals surface area contributed by atoms with Crippen LogP contribution in [0.15, 0.2) is 66.7 Å². The summed E-state index contributed by atoms with van der Waals surface area (Å²) in [5, 5.41) is 22.1. The highest BCUT2D eigenvalue weighted by Crippen LogP contribution is 2.30. The molecule has 0 aliphatic heterocycles. The molecule has 33 heavy (non-hydrogen) atoms. The van der Waals surface area contributed by atoms with E-state index >= 15 is 0 Å². The lowest BCUT2D eigenvalue weighted by atomic mass is 10.1. The average Bonchev–Trinajstić information content (AvgIpc) is 2.82. The van der Waals surface area contributed by atoms with Crippen molar-refractivity contribution in [3.05, 3.63) is 98.1 Å². The summed E-state index contributed by atoms with van der Waals surface area (Å²) in [7, 11) is 1.40. The first-order valence-electron chi connectivity index (χ1n) is 9.55. The van der Waals surface area contributed by atoms with Crippen molar-refractivity contribution >= 4 is 29.5 Å². The molecular weight excluding hydrogens is 432 g/mol. The number of hydrogen-bond acceptors (Lipinski definition) is 8. The Bertz CT molecular complexity index is 1210. The Morgan fingerprint density at radius 2 is 1.67 bits per heavy atom. The van der Waals surface area contributed by atoms with Crippen molar-refractivity contribution in [2.24, 2.45) is 0 Å². The molecule has 0 aliphatic rings. The number of benzene rings is 3. The summed E-state index contributed by atoms with van der Waals surface area (Å²) in [6.45, 7) is -0.293. The zero-order chi connectivity index (χ0) is 23.8. The smallest absolute Gasteiger partial charge is 0.349 e. The average molecular weight is 450 g/mol. The summed E-state index contributed by atoms with van der Waals surface area (Å²) >= 11 is 0. The molecule has 0 spiro atoms. The Morgan fingerprint density at radius 1 is 0.909 bits per heavy atom. The third-order valence-corrected chi connectivity index (χ3v) is 4.39. The number of nitrogens with zero attached hydrogens (tertiary/aromatic N) is 2. The number of carbonyl (C=O) groups is 1. The molecule has 10 heteroatoms. The van der Waals surface area contributed by atoms with Gasteiger partial charge in [0.15, 0.2) is 18.1 Å².